The van der Waals surface area contributed by atoms with Crippen molar-refractivity contribution in [2.45, 2.75) is 50.4 Å². The van der Waals surface area contributed by atoms with E-state index in [2.05, 4.69) is 10.6 Å². The number of imide groups is 1. The molecule has 7 heteroatoms. The van der Waals surface area contributed by atoms with Gasteiger partial charge in [-0.3, -0.25) is 15.0 Å². The molecule has 2 fully saturated rings. The minimum absolute atomic E-state index is 0.00616. The number of β-amino-alcohol motifs (C(OH)–C–C–N with tert-alkyl or cyclic N) is 2. The highest BCUT2D eigenvalue weighted by Crippen LogP contribution is 2.17. The number of hydrogen-bond acceptors (Lipinski definition) is 5. The molecule has 2 aliphatic rings. The van der Waals surface area contributed by atoms with Crippen LogP contribution in [0.4, 0.5) is 4.79 Å². The summed E-state index contributed by atoms with van der Waals surface area (Å²) in [6.45, 7) is 0.504. The number of urea groups is 1. The highest BCUT2D eigenvalue weighted by atomic mass is 16.3. The number of hydrogen-bond donors (Lipinski definition) is 4. The van der Waals surface area contributed by atoms with E-state index in [0.29, 0.717) is 0 Å². The van der Waals surface area contributed by atoms with Crippen LogP contribution in [0.1, 0.15) is 32.1 Å². The average Bonchev–Trinajstić information content (AvgIpc) is 2.68. The topological polar surface area (TPSA) is 102 Å². The first-order chi connectivity index (χ1) is 9.54. The highest BCUT2D eigenvalue weighted by Gasteiger charge is 2.30. The largest absolute Gasteiger partial charge is 0.389 e. The minimum Gasteiger partial charge on any atom is -0.389 e. The molecule has 114 valence electrons. The van der Waals surface area contributed by atoms with Crippen LogP contribution < -0.4 is 10.6 Å². The molecule has 0 bridgehead atoms. The average molecular weight is 285 g/mol. The number of amides is 3. The molecule has 3 amide bonds. The maximum absolute atomic E-state index is 11.7. The van der Waals surface area contributed by atoms with Crippen LogP contribution in [0.5, 0.6) is 0 Å². The molecule has 2 rings (SSSR count). The van der Waals surface area contributed by atoms with Crippen molar-refractivity contribution >= 4 is 11.9 Å². The maximum Gasteiger partial charge on any atom is 0.321 e. The molecule has 0 radical (unpaired) electrons. The van der Waals surface area contributed by atoms with E-state index in [4.69, 9.17) is 0 Å². The molecular formula is C13H23N3O4. The summed E-state index contributed by atoms with van der Waals surface area (Å²) < 4.78 is 0. The predicted octanol–water partition coefficient (Wildman–Crippen LogP) is -0.818. The zero-order valence-corrected chi connectivity index (χ0v) is 11.5. The Hall–Kier alpha value is -1.18. The Morgan fingerprint density at radius 2 is 1.65 bits per heavy atom. The number of carbonyl (C=O) groups is 2. The minimum atomic E-state index is -0.820. The Morgan fingerprint density at radius 3 is 2.25 bits per heavy atom. The fourth-order valence-corrected chi connectivity index (χ4v) is 2.81. The van der Waals surface area contributed by atoms with Gasteiger partial charge in [0.15, 0.2) is 0 Å². The monoisotopic (exact) mass is 285 g/mol. The van der Waals surface area contributed by atoms with Gasteiger partial charge in [-0.2, -0.15) is 0 Å². The lowest BCUT2D eigenvalue weighted by molar-refractivity contribution is -0.121. The molecule has 4 N–H and O–H groups in total. The van der Waals surface area contributed by atoms with Gasteiger partial charge >= 0.3 is 6.03 Å². The van der Waals surface area contributed by atoms with Crippen molar-refractivity contribution in [3.05, 3.63) is 0 Å². The molecule has 2 atom stereocenters. The Kier molecular flexibility index (Phi) is 5.33. The first-order valence-electron chi connectivity index (χ1n) is 7.23. The molecule has 0 aromatic heterocycles. The standard InChI is InChI=1S/C13H23N3O4/c17-10-6-16(7-11(10)18)8-12(19)15-13(20)14-9-4-2-1-3-5-9/h9-11,17-18H,1-8H2,(H2,14,15,19,20). The molecule has 1 heterocycles. The number of nitrogens with zero attached hydrogens (tertiary/aromatic N) is 1. The molecular weight excluding hydrogens is 262 g/mol. The molecule has 1 aliphatic heterocycles. The summed E-state index contributed by atoms with van der Waals surface area (Å²) in [4.78, 5) is 25.0. The van der Waals surface area contributed by atoms with Crippen LogP contribution in [0.15, 0.2) is 0 Å². The van der Waals surface area contributed by atoms with Crippen molar-refractivity contribution in [2.24, 2.45) is 0 Å². The summed E-state index contributed by atoms with van der Waals surface area (Å²) in [5.74, 6) is -0.417. The zero-order chi connectivity index (χ0) is 14.5. The van der Waals surface area contributed by atoms with E-state index in [9.17, 15) is 19.8 Å². The van der Waals surface area contributed by atoms with E-state index in [-0.39, 0.29) is 25.7 Å². The van der Waals surface area contributed by atoms with E-state index in [1.807, 2.05) is 0 Å². The van der Waals surface area contributed by atoms with E-state index in [1.54, 1.807) is 4.90 Å². The number of rotatable bonds is 3. The molecule has 1 saturated carbocycles. The van der Waals surface area contributed by atoms with Crippen molar-refractivity contribution in [3.8, 4) is 0 Å². The summed E-state index contributed by atoms with van der Waals surface area (Å²) in [6.07, 6.45) is 3.72. The second-order valence-corrected chi connectivity index (χ2v) is 5.69. The van der Waals surface area contributed by atoms with Crippen molar-refractivity contribution in [2.75, 3.05) is 19.6 Å². The summed E-state index contributed by atoms with van der Waals surface area (Å²) in [5.41, 5.74) is 0. The number of likely N-dealkylation sites (tertiary alicyclic amines) is 1. The molecule has 2 unspecified atom stereocenters. The third-order valence-corrected chi connectivity index (χ3v) is 3.90. The quantitative estimate of drug-likeness (QED) is 0.543. The Labute approximate surface area is 118 Å². The van der Waals surface area contributed by atoms with Crippen molar-refractivity contribution in [1.82, 2.24) is 15.5 Å². The van der Waals surface area contributed by atoms with E-state index < -0.39 is 24.1 Å². The van der Waals surface area contributed by atoms with Gasteiger partial charge in [0, 0.05) is 19.1 Å². The zero-order valence-electron chi connectivity index (χ0n) is 11.5. The van der Waals surface area contributed by atoms with Gasteiger partial charge in [0.2, 0.25) is 5.91 Å². The summed E-state index contributed by atoms with van der Waals surface area (Å²) in [6, 6.07) is -0.297. The second kappa shape index (κ2) is 7.01. The van der Waals surface area contributed by atoms with Gasteiger partial charge in [0.05, 0.1) is 18.8 Å². The molecule has 0 aromatic carbocycles. The van der Waals surface area contributed by atoms with Crippen LogP contribution in [0.2, 0.25) is 0 Å². The fraction of sp³-hybridized carbons (Fsp3) is 0.846. The molecule has 1 saturated heterocycles. The Bertz CT molecular complexity index is 348. The van der Waals surface area contributed by atoms with E-state index in [1.165, 1.54) is 6.42 Å². The maximum atomic E-state index is 11.7. The van der Waals surface area contributed by atoms with Gasteiger partial charge in [-0.25, -0.2) is 4.79 Å². The van der Waals surface area contributed by atoms with Crippen LogP contribution in [0.3, 0.4) is 0 Å². The summed E-state index contributed by atoms with van der Waals surface area (Å²) >= 11 is 0. The smallest absolute Gasteiger partial charge is 0.321 e. The van der Waals surface area contributed by atoms with Crippen LogP contribution in [0.25, 0.3) is 0 Å². The van der Waals surface area contributed by atoms with Crippen LogP contribution in [-0.4, -0.2) is 64.9 Å². The highest BCUT2D eigenvalue weighted by molar-refractivity contribution is 5.95. The number of aliphatic hydroxyl groups is 2. The van der Waals surface area contributed by atoms with Gasteiger partial charge < -0.3 is 15.5 Å². The number of nitrogens with one attached hydrogen (secondary N) is 2. The first-order valence-corrected chi connectivity index (χ1v) is 7.23. The van der Waals surface area contributed by atoms with Crippen LogP contribution >= 0.6 is 0 Å². The summed E-state index contributed by atoms with van der Waals surface area (Å²) in [5, 5.41) is 23.8. The normalized spacial score (nSPS) is 28.3. The van der Waals surface area contributed by atoms with Gasteiger partial charge in [0.1, 0.15) is 0 Å². The Morgan fingerprint density at radius 1 is 1.05 bits per heavy atom. The number of aliphatic hydroxyl groups excluding tert-OH is 2. The van der Waals surface area contributed by atoms with E-state index >= 15 is 0 Å². The lowest BCUT2D eigenvalue weighted by atomic mass is 9.96. The molecule has 7 nitrogen and oxygen atoms in total. The Balaban J connectivity index is 1.67. The number of carbonyl (C=O) groups excluding carboxylic acids is 2. The fourth-order valence-electron chi connectivity index (χ4n) is 2.81. The molecule has 0 aromatic rings. The van der Waals surface area contributed by atoms with Crippen LogP contribution in [-0.2, 0) is 4.79 Å². The van der Waals surface area contributed by atoms with Crippen LogP contribution in [0, 0.1) is 0 Å². The van der Waals surface area contributed by atoms with Gasteiger partial charge in [-0.05, 0) is 12.8 Å². The molecule has 20 heavy (non-hydrogen) atoms. The molecule has 0 spiro atoms. The SMILES string of the molecule is O=C(CN1CC(O)C(O)C1)NC(=O)NC1CCCCC1. The third-order valence-electron chi connectivity index (χ3n) is 3.90. The van der Waals surface area contributed by atoms with E-state index in [0.717, 1.165) is 25.7 Å². The predicted molar refractivity (Wildman–Crippen MR) is 72.0 cm³/mol. The third kappa shape index (κ3) is 4.43. The van der Waals surface area contributed by atoms with Crippen molar-refractivity contribution in [3.63, 3.8) is 0 Å². The molecule has 1 aliphatic carbocycles. The van der Waals surface area contributed by atoms with Gasteiger partial charge in [0.25, 0.3) is 0 Å². The lowest BCUT2D eigenvalue weighted by Gasteiger charge is -2.23. The second-order valence-electron chi connectivity index (χ2n) is 5.69. The van der Waals surface area contributed by atoms with Crippen molar-refractivity contribution in [1.29, 1.82) is 0 Å². The summed E-state index contributed by atoms with van der Waals surface area (Å²) in [7, 11) is 0. The van der Waals surface area contributed by atoms with Gasteiger partial charge in [-0.15, -0.1) is 0 Å². The lowest BCUT2D eigenvalue weighted by Crippen LogP contribution is -2.47. The first kappa shape index (κ1) is 15.2. The van der Waals surface area contributed by atoms with Crippen molar-refractivity contribution < 1.29 is 19.8 Å². The van der Waals surface area contributed by atoms with Gasteiger partial charge in [-0.1, -0.05) is 19.3 Å².